The number of morpholine rings is 2. The molecule has 16 heteroatoms. The highest BCUT2D eigenvalue weighted by atomic mass is 16.5. The van der Waals surface area contributed by atoms with E-state index in [0.29, 0.717) is 76.1 Å². The fourth-order valence-electron chi connectivity index (χ4n) is 6.41. The fourth-order valence-corrected chi connectivity index (χ4v) is 6.41. The zero-order valence-electron chi connectivity index (χ0n) is 35.1. The third-order valence-electron chi connectivity index (χ3n) is 9.56. The van der Waals surface area contributed by atoms with Crippen molar-refractivity contribution in [1.82, 2.24) is 29.9 Å². The lowest BCUT2D eigenvalue weighted by Crippen LogP contribution is -2.36. The number of hydrogen-bond acceptors (Lipinski definition) is 16. The first-order valence-electron chi connectivity index (χ1n) is 20.7. The summed E-state index contributed by atoms with van der Waals surface area (Å²) >= 11 is 0. The van der Waals surface area contributed by atoms with Crippen LogP contribution < -0.4 is 30.1 Å². The number of hydrogen-bond donors (Lipinski definition) is 2. The van der Waals surface area contributed by atoms with Gasteiger partial charge in [0.15, 0.2) is 11.6 Å². The second-order valence-corrected chi connectivity index (χ2v) is 14.4. The van der Waals surface area contributed by atoms with Crippen LogP contribution in [0.2, 0.25) is 0 Å². The van der Waals surface area contributed by atoms with E-state index in [1.807, 2.05) is 72.8 Å². The Bertz CT molecular complexity index is 2180. The maximum Gasteiger partial charge on any atom is 0.320 e. The Morgan fingerprint density at radius 2 is 1.02 bits per heavy atom. The molecule has 320 valence electrons. The van der Waals surface area contributed by atoms with Gasteiger partial charge in [-0.2, -0.15) is 30.1 Å². The Morgan fingerprint density at radius 3 is 1.42 bits per heavy atom. The van der Waals surface area contributed by atoms with Crippen LogP contribution in [-0.4, -0.2) is 108 Å². The average molecular weight is 837 g/mol. The van der Waals surface area contributed by atoms with Crippen LogP contribution in [0.1, 0.15) is 33.6 Å². The van der Waals surface area contributed by atoms with Gasteiger partial charge in [-0.1, -0.05) is 71.8 Å². The molecule has 4 aromatic heterocycles. The summed E-state index contributed by atoms with van der Waals surface area (Å²) in [6.45, 7) is 10.8. The second-order valence-electron chi connectivity index (χ2n) is 14.4. The van der Waals surface area contributed by atoms with Gasteiger partial charge in [0.1, 0.15) is 11.6 Å². The summed E-state index contributed by atoms with van der Waals surface area (Å²) in [5.41, 5.74) is 12.3. The molecule has 2 saturated heterocycles. The third-order valence-corrected chi connectivity index (χ3v) is 9.56. The summed E-state index contributed by atoms with van der Waals surface area (Å²) in [5.74, 6) is 2.74. The lowest BCUT2D eigenvalue weighted by atomic mass is 10.2. The van der Waals surface area contributed by atoms with Crippen molar-refractivity contribution in [3.05, 3.63) is 143 Å². The summed E-state index contributed by atoms with van der Waals surface area (Å²) in [7, 11) is 0. The molecule has 0 spiro atoms. The van der Waals surface area contributed by atoms with E-state index >= 15 is 0 Å². The molecule has 0 radical (unpaired) electrons. The predicted molar refractivity (Wildman–Crippen MR) is 242 cm³/mol. The molecule has 2 fully saturated rings. The third kappa shape index (κ3) is 14.0. The molecule has 2 N–H and O–H groups in total. The molecule has 0 bridgehead atoms. The van der Waals surface area contributed by atoms with E-state index in [0.717, 1.165) is 60.3 Å². The lowest BCUT2D eigenvalue weighted by molar-refractivity contribution is 0.122. The molecule has 16 nitrogen and oxygen atoms in total. The van der Waals surface area contributed by atoms with Crippen molar-refractivity contribution in [2.45, 2.75) is 26.7 Å². The molecule has 62 heavy (non-hydrogen) atoms. The summed E-state index contributed by atoms with van der Waals surface area (Å²) < 4.78 is 22.6. The van der Waals surface area contributed by atoms with Gasteiger partial charge in [0.2, 0.25) is 0 Å². The normalized spacial score (nSPS) is 14.0. The highest BCUT2D eigenvalue weighted by Gasteiger charge is 2.17. The SMILES string of the molecule is Cc1cccc(/C=N/Nc2cc(N3CCOCC3)nc(OCCc3ccccn3)n2)c1.Cc1cccc(/C=N/Nc2cc(N3CCOCC3)nc(OCCc3ccccn3)n2)c1. The fraction of sp³-hybridized carbons (Fsp3) is 0.304. The number of rotatable bonds is 16. The molecular weight excluding hydrogens is 785 g/mol. The number of ether oxygens (including phenoxy) is 4. The van der Waals surface area contributed by atoms with Crippen LogP contribution in [-0.2, 0) is 22.3 Å². The molecule has 8 rings (SSSR count). The molecule has 0 aliphatic carbocycles. The maximum absolute atomic E-state index is 5.85. The van der Waals surface area contributed by atoms with E-state index in [1.54, 1.807) is 24.8 Å². The number of nitrogens with one attached hydrogen (secondary N) is 2. The minimum Gasteiger partial charge on any atom is -0.463 e. The number of anilines is 4. The van der Waals surface area contributed by atoms with Gasteiger partial charge in [0, 0.05) is 74.9 Å². The van der Waals surface area contributed by atoms with Gasteiger partial charge in [0.05, 0.1) is 52.1 Å². The number of nitrogens with zero attached hydrogens (tertiary/aromatic N) is 10. The van der Waals surface area contributed by atoms with Crippen molar-refractivity contribution in [3.63, 3.8) is 0 Å². The van der Waals surface area contributed by atoms with Crippen molar-refractivity contribution in [2.75, 3.05) is 86.5 Å². The summed E-state index contributed by atoms with van der Waals surface area (Å²) in [4.78, 5) is 31.1. The topological polar surface area (TPSA) is 170 Å². The molecule has 0 saturated carbocycles. The first-order chi connectivity index (χ1) is 30.5. The lowest BCUT2D eigenvalue weighted by Gasteiger charge is -2.28. The van der Waals surface area contributed by atoms with Crippen LogP contribution in [0.25, 0.3) is 0 Å². The summed E-state index contributed by atoms with van der Waals surface area (Å²) in [6, 6.07) is 32.3. The van der Waals surface area contributed by atoms with Gasteiger partial charge in [0.25, 0.3) is 0 Å². The number of benzene rings is 2. The van der Waals surface area contributed by atoms with Gasteiger partial charge in [-0.25, -0.2) is 0 Å². The molecule has 0 amide bonds. The molecule has 0 unspecified atom stereocenters. The molecule has 6 heterocycles. The average Bonchev–Trinajstić information content (AvgIpc) is 3.31. The van der Waals surface area contributed by atoms with Crippen LogP contribution in [0.15, 0.2) is 120 Å². The number of hydrazone groups is 2. The molecule has 0 atom stereocenters. The molecular formula is C46H52N12O4. The van der Waals surface area contributed by atoms with Crippen molar-refractivity contribution >= 4 is 35.7 Å². The van der Waals surface area contributed by atoms with Gasteiger partial charge < -0.3 is 28.7 Å². The van der Waals surface area contributed by atoms with E-state index in [4.69, 9.17) is 18.9 Å². The smallest absolute Gasteiger partial charge is 0.320 e. The minimum absolute atomic E-state index is 0.313. The Morgan fingerprint density at radius 1 is 0.565 bits per heavy atom. The Kier molecular flexibility index (Phi) is 16.0. The maximum atomic E-state index is 5.85. The second kappa shape index (κ2) is 23.1. The van der Waals surface area contributed by atoms with Gasteiger partial charge in [-0.3, -0.25) is 20.8 Å². The van der Waals surface area contributed by atoms with Crippen molar-refractivity contribution in [3.8, 4) is 12.0 Å². The van der Waals surface area contributed by atoms with E-state index in [2.05, 4.69) is 98.9 Å². The van der Waals surface area contributed by atoms with Crippen molar-refractivity contribution < 1.29 is 18.9 Å². The van der Waals surface area contributed by atoms with Crippen LogP contribution in [0.5, 0.6) is 12.0 Å². The Labute approximate surface area is 362 Å². The van der Waals surface area contributed by atoms with Gasteiger partial charge in [-0.05, 0) is 49.2 Å². The van der Waals surface area contributed by atoms with Crippen LogP contribution >= 0.6 is 0 Å². The largest absolute Gasteiger partial charge is 0.463 e. The zero-order valence-corrected chi connectivity index (χ0v) is 35.1. The van der Waals surface area contributed by atoms with Crippen molar-refractivity contribution in [1.29, 1.82) is 0 Å². The van der Waals surface area contributed by atoms with Crippen LogP contribution in [0.3, 0.4) is 0 Å². The number of aromatic nitrogens is 6. The molecule has 2 aliphatic rings. The zero-order chi connectivity index (χ0) is 42.6. The van der Waals surface area contributed by atoms with Gasteiger partial charge >= 0.3 is 12.0 Å². The number of pyridine rings is 2. The Hall–Kier alpha value is -7.04. The summed E-state index contributed by atoms with van der Waals surface area (Å²) in [6.07, 6.45) is 8.45. The minimum atomic E-state index is 0.313. The predicted octanol–water partition coefficient (Wildman–Crippen LogP) is 6.17. The first kappa shape index (κ1) is 43.1. The quantitative estimate of drug-likeness (QED) is 0.0839. The van der Waals surface area contributed by atoms with E-state index in [9.17, 15) is 0 Å². The first-order valence-corrected chi connectivity index (χ1v) is 20.7. The summed E-state index contributed by atoms with van der Waals surface area (Å²) in [5, 5.41) is 8.67. The molecule has 2 aromatic carbocycles. The van der Waals surface area contributed by atoms with Gasteiger partial charge in [-0.15, -0.1) is 0 Å². The van der Waals surface area contributed by atoms with Crippen molar-refractivity contribution in [2.24, 2.45) is 10.2 Å². The standard InChI is InChI=1S/2C23H26N6O2/c2*1-18-5-4-6-19(15-18)17-25-28-21-16-22(29-10-13-30-14-11-29)27-23(26-21)31-12-8-20-7-2-3-9-24-20/h2*2-7,9,15-17H,8,10-14H2,1H3,(H,26,27,28)/b2*25-17+. The van der Waals surface area contributed by atoms with E-state index < -0.39 is 0 Å². The van der Waals surface area contributed by atoms with E-state index in [-0.39, 0.29) is 0 Å². The van der Waals surface area contributed by atoms with Crippen LogP contribution in [0, 0.1) is 13.8 Å². The van der Waals surface area contributed by atoms with Crippen LogP contribution in [0.4, 0.5) is 23.3 Å². The monoisotopic (exact) mass is 836 g/mol. The highest BCUT2D eigenvalue weighted by molar-refractivity contribution is 5.81. The Balaban J connectivity index is 0.000000186. The number of aryl methyl sites for hydroxylation is 2. The molecule has 6 aromatic rings. The van der Waals surface area contributed by atoms with E-state index in [1.165, 1.54) is 11.1 Å². The molecule has 2 aliphatic heterocycles. The highest BCUT2D eigenvalue weighted by Crippen LogP contribution is 2.22.